The Morgan fingerprint density at radius 1 is 0.812 bits per heavy atom. The second-order valence-corrected chi connectivity index (χ2v) is 11.3. The zero-order chi connectivity index (χ0) is 33.8. The first-order valence-corrected chi connectivity index (χ1v) is 15.2. The average molecular weight is 657 g/mol. The third-order valence-electron chi connectivity index (χ3n) is 8.06. The van der Waals surface area contributed by atoms with Crippen molar-refractivity contribution in [2.75, 3.05) is 31.1 Å². The highest BCUT2D eigenvalue weighted by Gasteiger charge is 2.41. The number of nitrogens with zero attached hydrogens (tertiary/aromatic N) is 6. The van der Waals surface area contributed by atoms with E-state index >= 15 is 0 Å². The molecule has 0 N–H and O–H groups in total. The van der Waals surface area contributed by atoms with Crippen molar-refractivity contribution in [3.8, 4) is 5.69 Å². The van der Waals surface area contributed by atoms with Crippen LogP contribution in [-0.2, 0) is 17.9 Å². The van der Waals surface area contributed by atoms with Gasteiger partial charge in [0.15, 0.2) is 5.65 Å². The Labute approximate surface area is 273 Å². The summed E-state index contributed by atoms with van der Waals surface area (Å²) in [7, 11) is 0. The van der Waals surface area contributed by atoms with E-state index in [9.17, 15) is 27.6 Å². The van der Waals surface area contributed by atoms with Crippen molar-refractivity contribution in [3.05, 3.63) is 130 Å². The molecule has 0 atom stereocenters. The highest BCUT2D eigenvalue weighted by Crippen LogP contribution is 2.27. The number of aryl methyl sites for hydroxylation is 1. The van der Waals surface area contributed by atoms with Gasteiger partial charge in [0, 0.05) is 43.2 Å². The summed E-state index contributed by atoms with van der Waals surface area (Å²) >= 11 is 0. The van der Waals surface area contributed by atoms with Crippen LogP contribution in [0.3, 0.4) is 0 Å². The summed E-state index contributed by atoms with van der Waals surface area (Å²) in [6.07, 6.45) is -5.32. The van der Waals surface area contributed by atoms with Crippen molar-refractivity contribution in [2.24, 2.45) is 0 Å². The molecule has 48 heavy (non-hydrogen) atoms. The molecule has 10 nitrogen and oxygen atoms in total. The van der Waals surface area contributed by atoms with E-state index in [1.807, 2.05) is 35.2 Å². The fraction of sp³-hybridized carbons (Fsp3) is 0.229. The second-order valence-electron chi connectivity index (χ2n) is 11.3. The summed E-state index contributed by atoms with van der Waals surface area (Å²) in [5.41, 5.74) is 1.85. The van der Waals surface area contributed by atoms with E-state index in [4.69, 9.17) is 9.72 Å². The molecule has 5 aromatic rings. The molecule has 0 spiro atoms. The first-order valence-electron chi connectivity index (χ1n) is 15.2. The Hall–Kier alpha value is -5.72. The number of hydrogen-bond donors (Lipinski definition) is 0. The number of aromatic nitrogens is 3. The minimum Gasteiger partial charge on any atom is -0.445 e. The molecule has 1 aliphatic heterocycles. The summed E-state index contributed by atoms with van der Waals surface area (Å²) in [5, 5.41) is 0.604. The molecule has 0 bridgehead atoms. The van der Waals surface area contributed by atoms with Crippen molar-refractivity contribution >= 4 is 29.0 Å². The zero-order valence-electron chi connectivity index (χ0n) is 25.9. The van der Waals surface area contributed by atoms with Gasteiger partial charge < -0.3 is 14.5 Å². The lowest BCUT2D eigenvalue weighted by atomic mass is 10.1. The Morgan fingerprint density at radius 2 is 1.44 bits per heavy atom. The maximum atomic E-state index is 13.9. The number of piperazine rings is 1. The van der Waals surface area contributed by atoms with Crippen LogP contribution in [0.4, 0.5) is 23.9 Å². The summed E-state index contributed by atoms with van der Waals surface area (Å²) in [6.45, 7) is 2.94. The van der Waals surface area contributed by atoms with Crippen LogP contribution in [0, 0.1) is 6.92 Å². The van der Waals surface area contributed by atoms with Gasteiger partial charge in [-0.1, -0.05) is 60.7 Å². The van der Waals surface area contributed by atoms with Gasteiger partial charge in [-0.25, -0.2) is 14.7 Å². The van der Waals surface area contributed by atoms with E-state index in [1.165, 1.54) is 47.0 Å². The van der Waals surface area contributed by atoms with Gasteiger partial charge in [-0.15, -0.1) is 13.2 Å². The van der Waals surface area contributed by atoms with Crippen molar-refractivity contribution in [1.82, 2.24) is 24.3 Å². The van der Waals surface area contributed by atoms with E-state index in [-0.39, 0.29) is 17.1 Å². The number of carbonyl (C=O) groups excluding carboxylic acids is 2. The fourth-order valence-corrected chi connectivity index (χ4v) is 5.49. The number of ether oxygens (including phenoxy) is 1. The molecule has 6 rings (SSSR count). The summed E-state index contributed by atoms with van der Waals surface area (Å²) in [5.74, 6) is -0.850. The van der Waals surface area contributed by atoms with E-state index < -0.39 is 30.4 Å². The van der Waals surface area contributed by atoms with E-state index in [1.54, 1.807) is 36.1 Å². The average Bonchev–Trinajstić information content (AvgIpc) is 3.09. The highest BCUT2D eigenvalue weighted by atomic mass is 19.4. The molecule has 3 aromatic carbocycles. The molecule has 1 aliphatic rings. The molecule has 1 saturated heterocycles. The van der Waals surface area contributed by atoms with E-state index in [0.29, 0.717) is 60.1 Å². The van der Waals surface area contributed by atoms with Crippen LogP contribution in [0.2, 0.25) is 0 Å². The van der Waals surface area contributed by atoms with Crippen LogP contribution in [0.5, 0.6) is 0 Å². The summed E-state index contributed by atoms with van der Waals surface area (Å²) < 4.78 is 48.6. The number of carbonyl (C=O) groups is 2. The lowest BCUT2D eigenvalue weighted by Gasteiger charge is -2.34. The SMILES string of the molecule is Cc1nc(N2CCN(C(=O)OCc3ccccc3)CC2)nc2c1ccc(=O)n2-c1ccc(C(=O)N(Cc2ccccc2)C(F)(F)F)cc1. The minimum absolute atomic E-state index is 0.146. The van der Waals surface area contributed by atoms with Crippen LogP contribution in [0.1, 0.15) is 27.2 Å². The van der Waals surface area contributed by atoms with Gasteiger partial charge in [0.1, 0.15) is 6.61 Å². The van der Waals surface area contributed by atoms with Gasteiger partial charge in [-0.05, 0) is 48.4 Å². The van der Waals surface area contributed by atoms with Gasteiger partial charge in [-0.2, -0.15) is 4.98 Å². The maximum absolute atomic E-state index is 13.9. The molecule has 0 unspecified atom stereocenters. The number of pyridine rings is 1. The largest absolute Gasteiger partial charge is 0.487 e. The number of alkyl halides is 3. The molecule has 0 saturated carbocycles. The predicted octanol–water partition coefficient (Wildman–Crippen LogP) is 5.71. The topological polar surface area (TPSA) is 101 Å². The highest BCUT2D eigenvalue weighted by molar-refractivity contribution is 5.94. The van der Waals surface area contributed by atoms with Gasteiger partial charge >= 0.3 is 12.4 Å². The fourth-order valence-electron chi connectivity index (χ4n) is 5.49. The number of rotatable bonds is 7. The van der Waals surface area contributed by atoms with E-state index in [0.717, 1.165) is 5.56 Å². The molecule has 13 heteroatoms. The van der Waals surface area contributed by atoms with Crippen LogP contribution in [-0.4, -0.2) is 68.8 Å². The third-order valence-corrected chi connectivity index (χ3v) is 8.06. The Kier molecular flexibility index (Phi) is 9.10. The normalized spacial score (nSPS) is 13.4. The Balaban J connectivity index is 1.21. The number of amides is 2. The Morgan fingerprint density at radius 3 is 2.06 bits per heavy atom. The van der Waals surface area contributed by atoms with Crippen molar-refractivity contribution in [2.45, 2.75) is 26.4 Å². The lowest BCUT2D eigenvalue weighted by molar-refractivity contribution is -0.227. The molecule has 0 aliphatic carbocycles. The van der Waals surface area contributed by atoms with Gasteiger partial charge in [0.25, 0.3) is 11.5 Å². The zero-order valence-corrected chi connectivity index (χ0v) is 25.9. The molecular formula is C35H31F3N6O4. The predicted molar refractivity (Wildman–Crippen MR) is 173 cm³/mol. The first kappa shape index (κ1) is 32.2. The monoisotopic (exact) mass is 656 g/mol. The minimum atomic E-state index is -4.91. The molecule has 2 amide bonds. The molecule has 3 heterocycles. The number of fused-ring (bicyclic) bond motifs is 1. The van der Waals surface area contributed by atoms with Gasteiger partial charge in [0.2, 0.25) is 5.95 Å². The number of anilines is 1. The molecule has 1 fully saturated rings. The molecular weight excluding hydrogens is 625 g/mol. The summed E-state index contributed by atoms with van der Waals surface area (Å²) in [4.78, 5) is 51.6. The Bertz CT molecular complexity index is 1980. The molecule has 2 aromatic heterocycles. The van der Waals surface area contributed by atoms with E-state index in [2.05, 4.69) is 4.98 Å². The van der Waals surface area contributed by atoms with Crippen LogP contribution < -0.4 is 10.5 Å². The van der Waals surface area contributed by atoms with Crippen molar-refractivity contribution in [1.29, 1.82) is 0 Å². The number of benzene rings is 3. The summed E-state index contributed by atoms with van der Waals surface area (Å²) in [6, 6.07) is 25.7. The van der Waals surface area contributed by atoms with Crippen LogP contribution in [0.15, 0.2) is 102 Å². The standard InChI is InChI=1S/C35H31F3N6O4/c1-24-29-16-17-30(45)44(28-14-12-27(13-15-28)32(46)43(35(36,37)38)22-25-8-4-2-5-9-25)31(29)40-33(39-24)41-18-20-42(21-19-41)34(47)48-23-26-10-6-3-7-11-26/h2-17H,18-23H2,1H3. The van der Waals surface area contributed by atoms with Gasteiger partial charge in [0.05, 0.1) is 17.9 Å². The van der Waals surface area contributed by atoms with Crippen LogP contribution in [0.25, 0.3) is 16.7 Å². The van der Waals surface area contributed by atoms with Crippen molar-refractivity contribution < 1.29 is 27.5 Å². The van der Waals surface area contributed by atoms with Crippen molar-refractivity contribution in [3.63, 3.8) is 0 Å². The number of hydrogen-bond acceptors (Lipinski definition) is 7. The second kappa shape index (κ2) is 13.6. The first-order chi connectivity index (χ1) is 23.1. The van der Waals surface area contributed by atoms with Crippen LogP contribution >= 0.6 is 0 Å². The van der Waals surface area contributed by atoms with Gasteiger partial charge in [-0.3, -0.25) is 14.2 Å². The molecule has 246 valence electrons. The quantitative estimate of drug-likeness (QED) is 0.207. The molecule has 0 radical (unpaired) electrons. The maximum Gasteiger partial charge on any atom is 0.487 e. The lowest BCUT2D eigenvalue weighted by Crippen LogP contribution is -2.49. The smallest absolute Gasteiger partial charge is 0.445 e. The number of halogens is 3. The third kappa shape index (κ3) is 6.99.